The van der Waals surface area contributed by atoms with Crippen LogP contribution in [0.1, 0.15) is 46.4 Å². The summed E-state index contributed by atoms with van der Waals surface area (Å²) in [7, 11) is -2.13. The van der Waals surface area contributed by atoms with Crippen molar-refractivity contribution in [2.75, 3.05) is 46.3 Å². The van der Waals surface area contributed by atoms with Gasteiger partial charge in [-0.3, -0.25) is 9.59 Å². The Morgan fingerprint density at radius 3 is 1.90 bits per heavy atom. The van der Waals surface area contributed by atoms with E-state index < -0.39 is 15.8 Å². The van der Waals surface area contributed by atoms with Crippen molar-refractivity contribution < 1.29 is 18.0 Å². The van der Waals surface area contributed by atoms with Crippen LogP contribution in [0.2, 0.25) is 0 Å². The Morgan fingerprint density at radius 2 is 1.31 bits per heavy atom. The van der Waals surface area contributed by atoms with Gasteiger partial charge in [0.2, 0.25) is 21.6 Å². The zero-order valence-electron chi connectivity index (χ0n) is 16.8. The summed E-state index contributed by atoms with van der Waals surface area (Å²) >= 11 is 0. The first-order chi connectivity index (χ1) is 13.9. The number of ketones is 2. The summed E-state index contributed by atoms with van der Waals surface area (Å²) in [5.74, 6) is -0.909. The molecule has 0 N–H and O–H groups in total. The van der Waals surface area contributed by atoms with Gasteiger partial charge >= 0.3 is 0 Å². The van der Waals surface area contributed by atoms with Crippen LogP contribution in [0.3, 0.4) is 0 Å². The number of fused-ring (bicyclic) bond motifs is 1. The van der Waals surface area contributed by atoms with E-state index in [9.17, 15) is 18.0 Å². The van der Waals surface area contributed by atoms with Gasteiger partial charge in [0.05, 0.1) is 0 Å². The lowest BCUT2D eigenvalue weighted by atomic mass is 9.91. The van der Waals surface area contributed by atoms with Crippen LogP contribution in [0.4, 0.5) is 0 Å². The van der Waals surface area contributed by atoms with Crippen LogP contribution in [-0.4, -0.2) is 80.4 Å². The Labute approximate surface area is 172 Å². The number of hydrogen-bond acceptors (Lipinski definition) is 6. The van der Waals surface area contributed by atoms with Gasteiger partial charge in [0.15, 0.2) is 4.91 Å². The maximum atomic E-state index is 13.6. The number of piperazine rings is 1. The Bertz CT molecular complexity index is 954. The first-order valence-electron chi connectivity index (χ1n) is 10.3. The zero-order valence-corrected chi connectivity index (χ0v) is 17.6. The predicted octanol–water partition coefficient (Wildman–Crippen LogP) is 1.73. The fraction of sp³-hybridized carbons (Fsp3) is 0.524. The number of sulfonamides is 1. The third kappa shape index (κ3) is 3.65. The molecule has 8 heteroatoms. The maximum absolute atomic E-state index is 13.6. The second-order valence-corrected chi connectivity index (χ2v) is 9.86. The fourth-order valence-corrected chi connectivity index (χ4v) is 6.03. The van der Waals surface area contributed by atoms with Gasteiger partial charge in [-0.05, 0) is 19.9 Å². The van der Waals surface area contributed by atoms with E-state index in [4.69, 9.17) is 0 Å². The highest BCUT2D eigenvalue weighted by Crippen LogP contribution is 2.34. The molecular formula is C21H27N3O4S. The number of nitrogens with zero attached hydrogens (tertiary/aromatic N) is 3. The summed E-state index contributed by atoms with van der Waals surface area (Å²) in [4.78, 5) is 30.4. The number of benzene rings is 1. The van der Waals surface area contributed by atoms with Crippen molar-refractivity contribution >= 4 is 21.6 Å². The summed E-state index contributed by atoms with van der Waals surface area (Å²) in [5, 5.41) is 0. The van der Waals surface area contributed by atoms with Crippen LogP contribution >= 0.6 is 0 Å². The average molecular weight is 418 g/mol. The number of Topliss-reactive ketones (excluding diaryl/α,β-unsaturated/α-hetero) is 2. The molecule has 0 atom stereocenters. The normalized spacial score (nSPS) is 22.6. The molecule has 0 radical (unpaired) electrons. The standard InChI is InChI=1S/C21H27N3O4S/c1-22-12-14-24(15-13-22)29(27,28)21-18(23-10-6-2-3-7-11-23)19(25)16-8-4-5-9-17(16)20(21)26/h4-5,8-9H,2-3,6-7,10-15H2,1H3. The molecule has 29 heavy (non-hydrogen) atoms. The molecule has 2 fully saturated rings. The van der Waals surface area contributed by atoms with Gasteiger partial charge in [0, 0.05) is 50.4 Å². The van der Waals surface area contributed by atoms with Gasteiger partial charge in [-0.2, -0.15) is 4.31 Å². The summed E-state index contributed by atoms with van der Waals surface area (Å²) in [6.07, 6.45) is 3.86. The molecular weight excluding hydrogens is 390 g/mol. The molecule has 1 aliphatic carbocycles. The van der Waals surface area contributed by atoms with Crippen LogP contribution in [0, 0.1) is 0 Å². The minimum Gasteiger partial charge on any atom is -0.367 e. The molecule has 0 saturated carbocycles. The first-order valence-corrected chi connectivity index (χ1v) is 11.7. The van der Waals surface area contributed by atoms with Gasteiger partial charge in [0.25, 0.3) is 0 Å². The van der Waals surface area contributed by atoms with Crippen molar-refractivity contribution in [3.05, 3.63) is 46.0 Å². The number of carbonyl (C=O) groups is 2. The summed E-state index contributed by atoms with van der Waals surface area (Å²) in [6.45, 7) is 3.03. The molecule has 0 unspecified atom stereocenters. The average Bonchev–Trinajstić information content (AvgIpc) is 3.00. The third-order valence-corrected chi connectivity index (χ3v) is 7.97. The maximum Gasteiger partial charge on any atom is 0.249 e. The Hall–Kier alpha value is -2.03. The predicted molar refractivity (Wildman–Crippen MR) is 110 cm³/mol. The molecule has 2 heterocycles. The second kappa shape index (κ2) is 8.01. The highest BCUT2D eigenvalue weighted by molar-refractivity contribution is 7.94. The molecule has 0 aromatic heterocycles. The minimum absolute atomic E-state index is 0.0783. The van der Waals surface area contributed by atoms with Crippen molar-refractivity contribution in [2.24, 2.45) is 0 Å². The van der Waals surface area contributed by atoms with Gasteiger partial charge < -0.3 is 9.80 Å². The highest BCUT2D eigenvalue weighted by atomic mass is 32.2. The zero-order chi connectivity index (χ0) is 20.6. The molecule has 7 nitrogen and oxygen atoms in total. The molecule has 0 amide bonds. The molecule has 0 spiro atoms. The molecule has 2 aliphatic heterocycles. The van der Waals surface area contributed by atoms with E-state index in [-0.39, 0.29) is 21.9 Å². The highest BCUT2D eigenvalue weighted by Gasteiger charge is 2.44. The number of carbonyl (C=O) groups excluding carboxylic acids is 2. The summed E-state index contributed by atoms with van der Waals surface area (Å²) in [6, 6.07) is 6.55. The smallest absolute Gasteiger partial charge is 0.249 e. The van der Waals surface area contributed by atoms with Crippen molar-refractivity contribution in [1.29, 1.82) is 0 Å². The van der Waals surface area contributed by atoms with E-state index in [0.717, 1.165) is 25.7 Å². The van der Waals surface area contributed by atoms with Crippen molar-refractivity contribution in [2.45, 2.75) is 25.7 Å². The fourth-order valence-electron chi connectivity index (χ4n) is 4.32. The van der Waals surface area contributed by atoms with E-state index in [0.29, 0.717) is 44.8 Å². The summed E-state index contributed by atoms with van der Waals surface area (Å²) < 4.78 is 28.6. The lowest BCUT2D eigenvalue weighted by Crippen LogP contribution is -2.49. The first kappa shape index (κ1) is 20.3. The van der Waals surface area contributed by atoms with Gasteiger partial charge in [-0.25, -0.2) is 8.42 Å². The van der Waals surface area contributed by atoms with E-state index in [1.54, 1.807) is 24.3 Å². The molecule has 1 aromatic rings. The summed E-state index contributed by atoms with van der Waals surface area (Å²) in [5.41, 5.74) is 0.562. The Morgan fingerprint density at radius 1 is 0.759 bits per heavy atom. The number of likely N-dealkylation sites (N-methyl/N-ethyl adjacent to an activating group) is 1. The van der Waals surface area contributed by atoms with Crippen LogP contribution < -0.4 is 0 Å². The van der Waals surface area contributed by atoms with Crippen LogP contribution in [-0.2, 0) is 10.0 Å². The largest absolute Gasteiger partial charge is 0.367 e. The molecule has 4 rings (SSSR count). The van der Waals surface area contributed by atoms with Gasteiger partial charge in [-0.1, -0.05) is 37.1 Å². The molecule has 0 bridgehead atoms. The second-order valence-electron chi connectivity index (χ2n) is 7.99. The minimum atomic E-state index is -4.07. The number of rotatable bonds is 3. The molecule has 3 aliphatic rings. The third-order valence-electron chi connectivity index (χ3n) is 6.04. The quantitative estimate of drug-likeness (QED) is 0.745. The lowest BCUT2D eigenvalue weighted by Gasteiger charge is -2.35. The van der Waals surface area contributed by atoms with Crippen molar-refractivity contribution in [3.8, 4) is 0 Å². The molecule has 156 valence electrons. The lowest BCUT2D eigenvalue weighted by molar-refractivity contribution is 0.0946. The van der Waals surface area contributed by atoms with Gasteiger partial charge in [0.1, 0.15) is 5.70 Å². The van der Waals surface area contributed by atoms with Crippen molar-refractivity contribution in [1.82, 2.24) is 14.1 Å². The van der Waals surface area contributed by atoms with Gasteiger partial charge in [-0.15, -0.1) is 0 Å². The van der Waals surface area contributed by atoms with Crippen LogP contribution in [0.25, 0.3) is 0 Å². The van der Waals surface area contributed by atoms with E-state index in [2.05, 4.69) is 4.90 Å². The Kier molecular flexibility index (Phi) is 5.59. The van der Waals surface area contributed by atoms with Crippen LogP contribution in [0.5, 0.6) is 0 Å². The molecule has 1 aromatic carbocycles. The number of likely N-dealkylation sites (tertiary alicyclic amines) is 1. The van der Waals surface area contributed by atoms with E-state index in [1.165, 1.54) is 4.31 Å². The SMILES string of the molecule is CN1CCN(S(=O)(=O)C2=C(N3CCCCCC3)C(=O)c3ccccc3C2=O)CC1. The van der Waals surface area contributed by atoms with E-state index in [1.807, 2.05) is 11.9 Å². The monoisotopic (exact) mass is 417 g/mol. The van der Waals surface area contributed by atoms with Crippen LogP contribution in [0.15, 0.2) is 34.9 Å². The Balaban J connectivity index is 1.85. The number of allylic oxidation sites excluding steroid dienone is 2. The topological polar surface area (TPSA) is 78.0 Å². The number of hydrogen-bond donors (Lipinski definition) is 0. The molecule has 2 saturated heterocycles. The van der Waals surface area contributed by atoms with E-state index >= 15 is 0 Å². The van der Waals surface area contributed by atoms with Crippen molar-refractivity contribution in [3.63, 3.8) is 0 Å².